The van der Waals surface area contributed by atoms with Crippen molar-refractivity contribution >= 4 is 17.9 Å². The normalized spacial score (nSPS) is 13.3. The van der Waals surface area contributed by atoms with Gasteiger partial charge in [0.1, 0.15) is 13.2 Å². The minimum atomic E-state index is -0.830. The second kappa shape index (κ2) is 69.0. The summed E-state index contributed by atoms with van der Waals surface area (Å²) >= 11 is 0. The number of esters is 3. The topological polar surface area (TPSA) is 78.9 Å². The highest BCUT2D eigenvalue weighted by atomic mass is 16.6. The first-order valence-electron chi connectivity index (χ1n) is 33.3. The van der Waals surface area contributed by atoms with Crippen molar-refractivity contribution in [1.29, 1.82) is 0 Å². The van der Waals surface area contributed by atoms with Crippen LogP contribution in [0, 0.1) is 0 Å². The van der Waals surface area contributed by atoms with E-state index in [1.165, 1.54) is 70.6 Å². The van der Waals surface area contributed by atoms with E-state index in [2.05, 4.69) is 203 Å². The lowest BCUT2D eigenvalue weighted by atomic mass is 10.1. The molecule has 0 saturated heterocycles. The number of hydrogen-bond acceptors (Lipinski definition) is 6. The molecule has 0 aromatic rings. The maximum Gasteiger partial charge on any atom is 0.306 e. The average molecular weight is 1140 g/mol. The fourth-order valence-corrected chi connectivity index (χ4v) is 8.46. The molecule has 0 amide bonds. The Balaban J connectivity index is 4.53. The predicted octanol–water partition coefficient (Wildman–Crippen LogP) is 23.2. The van der Waals surface area contributed by atoms with E-state index in [1.54, 1.807) is 0 Å². The molecule has 464 valence electrons. The number of rotatable bonds is 58. The van der Waals surface area contributed by atoms with Gasteiger partial charge in [0.05, 0.1) is 0 Å². The Morgan fingerprint density at radius 1 is 0.253 bits per heavy atom. The van der Waals surface area contributed by atoms with Crippen LogP contribution in [0.15, 0.2) is 182 Å². The second-order valence-corrected chi connectivity index (χ2v) is 21.3. The average Bonchev–Trinajstić information content (AvgIpc) is 3.49. The SMILES string of the molecule is CC/C=C\C/C=C\C/C=C\C/C=C\C/C=C\C/C=C\C/C=C\C/C=C\CCCCC(=O)OCC(COC(=O)CCCC/C=C\C/C=C\C/C=C\C/C=C\CC)OC(=O)CCCCCCCCCC/C=C\C/C=C\C/C=C\CCCCCCC. The molecule has 0 aliphatic heterocycles. The largest absolute Gasteiger partial charge is 0.462 e. The lowest BCUT2D eigenvalue weighted by Gasteiger charge is -2.18. The lowest BCUT2D eigenvalue weighted by Crippen LogP contribution is -2.30. The van der Waals surface area contributed by atoms with Crippen molar-refractivity contribution in [3.8, 4) is 0 Å². The van der Waals surface area contributed by atoms with Gasteiger partial charge in [-0.15, -0.1) is 0 Å². The van der Waals surface area contributed by atoms with Crippen molar-refractivity contribution in [2.45, 2.75) is 271 Å². The van der Waals surface area contributed by atoms with Gasteiger partial charge in [0.15, 0.2) is 6.10 Å². The molecule has 0 saturated carbocycles. The monoisotopic (exact) mass is 1140 g/mol. The smallest absolute Gasteiger partial charge is 0.306 e. The van der Waals surface area contributed by atoms with Crippen LogP contribution in [0.1, 0.15) is 265 Å². The van der Waals surface area contributed by atoms with E-state index < -0.39 is 6.10 Å². The molecule has 1 atom stereocenters. The fraction of sp³-hybridized carbons (Fsp3) is 0.571. The quantitative estimate of drug-likeness (QED) is 0.0261. The van der Waals surface area contributed by atoms with Gasteiger partial charge in [-0.25, -0.2) is 0 Å². The van der Waals surface area contributed by atoms with E-state index in [1.807, 2.05) is 0 Å². The first-order valence-corrected chi connectivity index (χ1v) is 33.3. The Hall–Kier alpha value is -5.49. The van der Waals surface area contributed by atoms with E-state index >= 15 is 0 Å². The number of carbonyl (C=O) groups is 3. The van der Waals surface area contributed by atoms with Crippen LogP contribution in [0.25, 0.3) is 0 Å². The first kappa shape index (κ1) is 77.5. The zero-order chi connectivity index (χ0) is 59.9. The van der Waals surface area contributed by atoms with Gasteiger partial charge in [-0.05, 0) is 161 Å². The number of carbonyl (C=O) groups excluding carboxylic acids is 3. The van der Waals surface area contributed by atoms with Gasteiger partial charge in [-0.2, -0.15) is 0 Å². The van der Waals surface area contributed by atoms with Gasteiger partial charge < -0.3 is 14.2 Å². The lowest BCUT2D eigenvalue weighted by molar-refractivity contribution is -0.167. The van der Waals surface area contributed by atoms with E-state index in [9.17, 15) is 14.4 Å². The zero-order valence-corrected chi connectivity index (χ0v) is 53.1. The molecule has 0 rings (SSSR count). The van der Waals surface area contributed by atoms with Gasteiger partial charge in [0.2, 0.25) is 0 Å². The van der Waals surface area contributed by atoms with Crippen LogP contribution in [0.5, 0.6) is 0 Å². The summed E-state index contributed by atoms with van der Waals surface area (Å²) in [7, 11) is 0. The molecule has 0 aromatic heterocycles. The summed E-state index contributed by atoms with van der Waals surface area (Å²) in [6, 6.07) is 0. The molecule has 6 heteroatoms. The standard InChI is InChI=1S/C77H120O6/c1-4-7-10-13-16-19-22-25-28-30-32-34-36-37-38-39-41-42-44-46-49-52-55-58-61-64-67-70-76(79)82-73-74(72-81-75(78)69-66-63-60-57-54-51-48-27-24-21-18-15-12-9-6-3)83-77(80)71-68-65-62-59-56-53-50-47-45-43-40-35-33-31-29-26-23-20-17-14-11-8-5-2/h7,9-10,12,16,18-19,21,23,25-28,31-34,37-38,40-43,46,48-49,54-55,57-58,74H,4-6,8,11,13-15,17,20,22,24,29-30,35-36,39,44-45,47,50-53,56,59-73H2,1-3H3/b10-7-,12-9-,19-16-,21-18-,26-23-,28-25-,33-31-,34-32-,38-37-,42-41-,43-40-,48-27-,49-46-,57-54-,58-55-. The Kier molecular flexibility index (Phi) is 64.4. The summed E-state index contributed by atoms with van der Waals surface area (Å²) in [4.78, 5) is 38.4. The van der Waals surface area contributed by atoms with Crippen molar-refractivity contribution in [2.75, 3.05) is 13.2 Å². The molecule has 0 aliphatic rings. The van der Waals surface area contributed by atoms with Crippen molar-refractivity contribution in [1.82, 2.24) is 0 Å². The number of ether oxygens (including phenoxy) is 3. The van der Waals surface area contributed by atoms with Crippen LogP contribution in [-0.4, -0.2) is 37.2 Å². The molecule has 0 aliphatic carbocycles. The van der Waals surface area contributed by atoms with Crippen molar-refractivity contribution in [3.05, 3.63) is 182 Å². The molecular weight excluding hydrogens is 1020 g/mol. The van der Waals surface area contributed by atoms with Gasteiger partial charge in [0.25, 0.3) is 0 Å². The Morgan fingerprint density at radius 2 is 0.470 bits per heavy atom. The number of hydrogen-bond donors (Lipinski definition) is 0. The molecule has 0 N–H and O–H groups in total. The number of unbranched alkanes of at least 4 members (excludes halogenated alkanes) is 17. The van der Waals surface area contributed by atoms with E-state index in [4.69, 9.17) is 14.2 Å². The summed E-state index contributed by atoms with van der Waals surface area (Å²) in [6.07, 6.45) is 103. The third kappa shape index (κ3) is 67.2. The van der Waals surface area contributed by atoms with Crippen LogP contribution in [-0.2, 0) is 28.6 Å². The molecule has 0 spiro atoms. The van der Waals surface area contributed by atoms with Crippen LogP contribution in [0.4, 0.5) is 0 Å². The van der Waals surface area contributed by atoms with Crippen LogP contribution in [0.2, 0.25) is 0 Å². The third-order valence-electron chi connectivity index (χ3n) is 13.4. The van der Waals surface area contributed by atoms with Crippen LogP contribution in [0.3, 0.4) is 0 Å². The Bertz CT molecular complexity index is 1940. The highest BCUT2D eigenvalue weighted by Crippen LogP contribution is 2.14. The summed E-state index contributed by atoms with van der Waals surface area (Å²) in [5.74, 6) is -1.02. The maximum atomic E-state index is 12.9. The summed E-state index contributed by atoms with van der Waals surface area (Å²) < 4.78 is 16.9. The van der Waals surface area contributed by atoms with Gasteiger partial charge in [-0.1, -0.05) is 267 Å². The van der Waals surface area contributed by atoms with Crippen molar-refractivity contribution < 1.29 is 28.6 Å². The molecule has 1 unspecified atom stereocenters. The van der Waals surface area contributed by atoms with Crippen molar-refractivity contribution in [3.63, 3.8) is 0 Å². The highest BCUT2D eigenvalue weighted by molar-refractivity contribution is 5.71. The van der Waals surface area contributed by atoms with E-state index in [0.29, 0.717) is 19.3 Å². The van der Waals surface area contributed by atoms with Crippen LogP contribution >= 0.6 is 0 Å². The minimum Gasteiger partial charge on any atom is -0.462 e. The zero-order valence-electron chi connectivity index (χ0n) is 53.1. The molecule has 0 fully saturated rings. The summed E-state index contributed by atoms with van der Waals surface area (Å²) in [5.41, 5.74) is 0. The second-order valence-electron chi connectivity index (χ2n) is 21.3. The third-order valence-corrected chi connectivity index (χ3v) is 13.4. The van der Waals surface area contributed by atoms with Crippen molar-refractivity contribution in [2.24, 2.45) is 0 Å². The molecule has 0 bridgehead atoms. The molecule has 0 radical (unpaired) electrons. The first-order chi connectivity index (χ1) is 41.0. The minimum absolute atomic E-state index is 0.126. The fourth-order valence-electron chi connectivity index (χ4n) is 8.46. The molecule has 6 nitrogen and oxygen atoms in total. The highest BCUT2D eigenvalue weighted by Gasteiger charge is 2.19. The van der Waals surface area contributed by atoms with E-state index in [0.717, 1.165) is 141 Å². The Labute approximate surface area is 510 Å². The molecule has 83 heavy (non-hydrogen) atoms. The maximum absolute atomic E-state index is 12.9. The predicted molar refractivity (Wildman–Crippen MR) is 361 cm³/mol. The Morgan fingerprint density at radius 3 is 0.759 bits per heavy atom. The molecule has 0 heterocycles. The molecular formula is C77H120O6. The van der Waals surface area contributed by atoms with Crippen LogP contribution < -0.4 is 0 Å². The summed E-state index contributed by atoms with van der Waals surface area (Å²) in [5, 5.41) is 0. The van der Waals surface area contributed by atoms with E-state index in [-0.39, 0.29) is 44.0 Å². The summed E-state index contributed by atoms with van der Waals surface area (Å²) in [6.45, 7) is 6.32. The van der Waals surface area contributed by atoms with Gasteiger partial charge >= 0.3 is 17.9 Å². The number of allylic oxidation sites excluding steroid dienone is 30. The van der Waals surface area contributed by atoms with Gasteiger partial charge in [0, 0.05) is 19.3 Å². The molecule has 0 aromatic carbocycles. The van der Waals surface area contributed by atoms with Gasteiger partial charge in [-0.3, -0.25) is 14.4 Å².